The first-order chi connectivity index (χ1) is 8.74. The summed E-state index contributed by atoms with van der Waals surface area (Å²) in [6.07, 6.45) is 0. The maximum Gasteiger partial charge on any atom is 0.307 e. The quantitative estimate of drug-likeness (QED) is 0.796. The van der Waals surface area contributed by atoms with Gasteiger partial charge in [0.25, 0.3) is 0 Å². The molecule has 0 fully saturated rings. The number of rotatable bonds is 4. The Bertz CT molecular complexity index is 425. The maximum atomic E-state index is 11.0. The lowest BCUT2D eigenvalue weighted by Crippen LogP contribution is -2.31. The van der Waals surface area contributed by atoms with E-state index in [1.54, 1.807) is 18.7 Å². The van der Waals surface area contributed by atoms with Crippen molar-refractivity contribution >= 4 is 17.7 Å². The van der Waals surface area contributed by atoms with Crippen LogP contribution in [0.15, 0.2) is 23.1 Å². The van der Waals surface area contributed by atoms with Crippen molar-refractivity contribution in [1.29, 1.82) is 0 Å². The topological polar surface area (TPSA) is 37.3 Å². The second-order valence-corrected chi connectivity index (χ2v) is 6.74. The molecule has 1 atom stereocenters. The molecule has 108 valence electrons. The fourth-order valence-electron chi connectivity index (χ4n) is 1.47. The zero-order chi connectivity index (χ0) is 15.2. The molecule has 19 heavy (non-hydrogen) atoms. The van der Waals surface area contributed by atoms with E-state index in [0.717, 1.165) is 4.90 Å². The number of carboxylic acid groups (broad SMARTS) is 1. The van der Waals surface area contributed by atoms with E-state index in [9.17, 15) is 4.79 Å². The smallest absolute Gasteiger partial charge is 0.307 e. The minimum Gasteiger partial charge on any atom is -0.481 e. The fourth-order valence-corrected chi connectivity index (χ4v) is 2.72. The minimum atomic E-state index is -0.744. The Morgan fingerprint density at radius 1 is 1.21 bits per heavy atom. The normalized spacial score (nSPS) is 12.4. The molecular formula is C16H26O2S. The van der Waals surface area contributed by atoms with Crippen LogP contribution >= 0.6 is 11.8 Å². The summed E-state index contributed by atoms with van der Waals surface area (Å²) in [7, 11) is 0. The van der Waals surface area contributed by atoms with Gasteiger partial charge in [-0.2, -0.15) is 0 Å². The van der Waals surface area contributed by atoms with Crippen LogP contribution in [-0.2, 0) is 4.79 Å². The summed E-state index contributed by atoms with van der Waals surface area (Å²) in [6.45, 7) is 13.9. The van der Waals surface area contributed by atoms with E-state index >= 15 is 0 Å². The molecule has 0 radical (unpaired) electrons. The van der Waals surface area contributed by atoms with Crippen LogP contribution in [0.1, 0.15) is 45.7 Å². The Hall–Kier alpha value is -0.960. The van der Waals surface area contributed by atoms with Crippen molar-refractivity contribution in [2.24, 2.45) is 5.92 Å². The third kappa shape index (κ3) is 5.27. The van der Waals surface area contributed by atoms with Crippen LogP contribution in [0.3, 0.4) is 0 Å². The van der Waals surface area contributed by atoms with Crippen LogP contribution in [0, 0.1) is 19.8 Å². The molecule has 0 aliphatic rings. The van der Waals surface area contributed by atoms with Gasteiger partial charge in [0.15, 0.2) is 0 Å². The van der Waals surface area contributed by atoms with Crippen molar-refractivity contribution in [3.8, 4) is 0 Å². The van der Waals surface area contributed by atoms with Gasteiger partial charge in [0, 0.05) is 9.64 Å². The Morgan fingerprint density at radius 2 is 1.74 bits per heavy atom. The molecule has 2 nitrogen and oxygen atoms in total. The maximum absolute atomic E-state index is 11.0. The van der Waals surface area contributed by atoms with Gasteiger partial charge in [-0.05, 0) is 51.0 Å². The Balaban J connectivity index is 0.00000154. The summed E-state index contributed by atoms with van der Waals surface area (Å²) < 4.78 is -0.312. The molecule has 0 spiro atoms. The van der Waals surface area contributed by atoms with Gasteiger partial charge in [-0.1, -0.05) is 26.8 Å². The molecule has 0 saturated carbocycles. The van der Waals surface area contributed by atoms with E-state index in [1.807, 2.05) is 27.7 Å². The molecule has 0 heterocycles. The van der Waals surface area contributed by atoms with Crippen molar-refractivity contribution in [3.63, 3.8) is 0 Å². The van der Waals surface area contributed by atoms with E-state index in [-0.39, 0.29) is 10.7 Å². The van der Waals surface area contributed by atoms with Crippen LogP contribution in [0.5, 0.6) is 0 Å². The van der Waals surface area contributed by atoms with E-state index in [4.69, 9.17) is 5.11 Å². The lowest BCUT2D eigenvalue weighted by atomic mass is 9.97. The van der Waals surface area contributed by atoms with Crippen molar-refractivity contribution in [2.75, 3.05) is 0 Å². The number of hydrogen-bond acceptors (Lipinski definition) is 2. The predicted octanol–water partition coefficient (Wildman–Crippen LogP) is 4.92. The van der Waals surface area contributed by atoms with Crippen LogP contribution in [0.25, 0.3) is 0 Å². The van der Waals surface area contributed by atoms with Crippen molar-refractivity contribution in [2.45, 2.75) is 58.1 Å². The number of carbonyl (C=O) groups is 1. The molecule has 3 heteroatoms. The first-order valence-electron chi connectivity index (χ1n) is 6.73. The molecule has 0 amide bonds. The average molecular weight is 282 g/mol. The number of thioether (sulfide) groups is 1. The molecule has 0 saturated heterocycles. The summed E-state index contributed by atoms with van der Waals surface area (Å²) in [5.74, 6) is -1.12. The molecule has 1 N–H and O–H groups in total. The molecule has 1 unspecified atom stereocenters. The highest BCUT2D eigenvalue weighted by atomic mass is 32.2. The molecule has 0 aliphatic carbocycles. The van der Waals surface area contributed by atoms with E-state index in [2.05, 4.69) is 32.0 Å². The summed E-state index contributed by atoms with van der Waals surface area (Å²) in [5.41, 5.74) is 2.51. The number of aryl methyl sites for hydroxylation is 2. The van der Waals surface area contributed by atoms with Crippen molar-refractivity contribution in [1.82, 2.24) is 0 Å². The average Bonchev–Trinajstić information content (AvgIpc) is 2.35. The Kier molecular flexibility index (Phi) is 7.20. The third-order valence-electron chi connectivity index (χ3n) is 3.27. The molecular weight excluding hydrogens is 256 g/mol. The van der Waals surface area contributed by atoms with Gasteiger partial charge in [0.1, 0.15) is 0 Å². The first kappa shape index (κ1) is 18.0. The molecule has 1 aromatic rings. The summed E-state index contributed by atoms with van der Waals surface area (Å²) in [4.78, 5) is 12.2. The number of aliphatic carboxylic acids is 1. The zero-order valence-electron chi connectivity index (χ0n) is 13.1. The first-order valence-corrected chi connectivity index (χ1v) is 7.55. The van der Waals surface area contributed by atoms with E-state index in [0.29, 0.717) is 0 Å². The second kappa shape index (κ2) is 7.59. The van der Waals surface area contributed by atoms with Gasteiger partial charge >= 0.3 is 5.97 Å². The molecule has 0 aliphatic heterocycles. The van der Waals surface area contributed by atoms with Gasteiger partial charge in [0.2, 0.25) is 0 Å². The summed E-state index contributed by atoms with van der Waals surface area (Å²) in [6, 6.07) is 6.26. The number of hydrogen-bond donors (Lipinski definition) is 1. The van der Waals surface area contributed by atoms with E-state index in [1.165, 1.54) is 11.1 Å². The van der Waals surface area contributed by atoms with Crippen LogP contribution in [0.2, 0.25) is 0 Å². The highest BCUT2D eigenvalue weighted by Crippen LogP contribution is 2.38. The summed E-state index contributed by atoms with van der Waals surface area (Å²) >= 11 is 1.62. The number of benzene rings is 1. The van der Waals surface area contributed by atoms with Gasteiger partial charge in [-0.25, -0.2) is 0 Å². The number of carboxylic acids is 1. The Morgan fingerprint density at radius 3 is 2.16 bits per heavy atom. The molecule has 1 aromatic carbocycles. The van der Waals surface area contributed by atoms with Gasteiger partial charge < -0.3 is 5.11 Å². The van der Waals surface area contributed by atoms with Crippen LogP contribution in [-0.4, -0.2) is 15.8 Å². The van der Waals surface area contributed by atoms with Gasteiger partial charge in [-0.15, -0.1) is 11.8 Å². The third-order valence-corrected chi connectivity index (χ3v) is 4.64. The molecule has 1 rings (SSSR count). The van der Waals surface area contributed by atoms with Crippen molar-refractivity contribution < 1.29 is 9.90 Å². The fraction of sp³-hybridized carbons (Fsp3) is 0.562. The highest BCUT2D eigenvalue weighted by Gasteiger charge is 2.32. The zero-order valence-corrected chi connectivity index (χ0v) is 13.9. The van der Waals surface area contributed by atoms with Gasteiger partial charge in [0.05, 0.1) is 5.92 Å². The lowest BCUT2D eigenvalue weighted by molar-refractivity contribution is -0.141. The van der Waals surface area contributed by atoms with E-state index < -0.39 is 5.97 Å². The largest absolute Gasteiger partial charge is 0.481 e. The molecule has 0 aromatic heterocycles. The second-order valence-electron chi connectivity index (χ2n) is 5.01. The highest BCUT2D eigenvalue weighted by molar-refractivity contribution is 8.00. The summed E-state index contributed by atoms with van der Waals surface area (Å²) in [5, 5.41) is 9.08. The van der Waals surface area contributed by atoms with Crippen LogP contribution < -0.4 is 0 Å². The van der Waals surface area contributed by atoms with Crippen molar-refractivity contribution in [3.05, 3.63) is 29.3 Å². The predicted molar refractivity (Wildman–Crippen MR) is 84.0 cm³/mol. The Labute approximate surface area is 121 Å². The minimum absolute atomic E-state index is 0.312. The van der Waals surface area contributed by atoms with Crippen LogP contribution in [0.4, 0.5) is 0 Å². The molecule has 0 bridgehead atoms. The van der Waals surface area contributed by atoms with Gasteiger partial charge in [-0.3, -0.25) is 4.79 Å². The SMILES string of the molecule is CC.Cc1ccc(SC(C)(C)C(C)C(=O)O)cc1C. The lowest BCUT2D eigenvalue weighted by Gasteiger charge is -2.28. The monoisotopic (exact) mass is 282 g/mol. The standard InChI is InChI=1S/C14H20O2S.C2H6/c1-9-6-7-12(8-10(9)2)17-14(4,5)11(3)13(15)16;1-2/h6-8,11H,1-5H3,(H,15,16);1-2H3.